The number of hydrogen-bond acceptors (Lipinski definition) is 3. The highest BCUT2D eigenvalue weighted by Crippen LogP contribution is 2.44. The maximum atomic E-state index is 12.0. The first-order chi connectivity index (χ1) is 8.71. The van der Waals surface area contributed by atoms with Crippen molar-refractivity contribution < 1.29 is 13.2 Å². The third kappa shape index (κ3) is 3.48. The van der Waals surface area contributed by atoms with E-state index in [0.717, 1.165) is 12.8 Å². The van der Waals surface area contributed by atoms with E-state index in [1.54, 1.807) is 19.1 Å². The lowest BCUT2D eigenvalue weighted by molar-refractivity contribution is 0.0946. The second-order valence-electron chi connectivity index (χ2n) is 5.41. The van der Waals surface area contributed by atoms with E-state index < -0.39 is 9.05 Å². The van der Waals surface area contributed by atoms with Crippen LogP contribution in [0.4, 0.5) is 0 Å². The molecule has 0 radical (unpaired) electrons. The third-order valence-electron chi connectivity index (χ3n) is 3.49. The van der Waals surface area contributed by atoms with E-state index >= 15 is 0 Å². The molecule has 1 aliphatic carbocycles. The normalized spacial score (nSPS) is 17.0. The number of nitrogens with one attached hydrogen (secondary N) is 1. The van der Waals surface area contributed by atoms with Crippen molar-refractivity contribution in [1.82, 2.24) is 5.32 Å². The number of aryl methyl sites for hydroxylation is 1. The summed E-state index contributed by atoms with van der Waals surface area (Å²) in [6, 6.07) is 4.51. The number of carbonyl (C=O) groups excluding carboxylic acids is 1. The lowest BCUT2D eigenvalue weighted by atomic mass is 10.1. The van der Waals surface area contributed by atoms with Gasteiger partial charge in [-0.25, -0.2) is 8.42 Å². The first-order valence-electron chi connectivity index (χ1n) is 6.05. The molecule has 0 spiro atoms. The second-order valence-corrected chi connectivity index (χ2v) is 7.95. The summed E-state index contributed by atoms with van der Waals surface area (Å²) >= 11 is 0. The van der Waals surface area contributed by atoms with Gasteiger partial charge in [-0.15, -0.1) is 0 Å². The van der Waals surface area contributed by atoms with Crippen LogP contribution < -0.4 is 5.32 Å². The zero-order valence-corrected chi connectivity index (χ0v) is 12.4. The lowest BCUT2D eigenvalue weighted by Gasteiger charge is -2.11. The quantitative estimate of drug-likeness (QED) is 0.869. The molecule has 1 aromatic rings. The summed E-state index contributed by atoms with van der Waals surface area (Å²) in [5.74, 6) is -0.269. The minimum atomic E-state index is -3.83. The average Bonchev–Trinajstić information content (AvgIpc) is 3.04. The highest BCUT2D eigenvalue weighted by molar-refractivity contribution is 8.13. The standard InChI is InChI=1S/C13H16ClNO3S/c1-9-3-4-10(7-11(9)19(14,17)18)12(16)15-8-13(2)5-6-13/h3-4,7H,5-6,8H2,1-2H3,(H,15,16). The topological polar surface area (TPSA) is 63.2 Å². The summed E-state index contributed by atoms with van der Waals surface area (Å²) < 4.78 is 22.8. The van der Waals surface area contributed by atoms with E-state index in [0.29, 0.717) is 17.7 Å². The van der Waals surface area contributed by atoms with Crippen molar-refractivity contribution in [1.29, 1.82) is 0 Å². The summed E-state index contributed by atoms with van der Waals surface area (Å²) in [7, 11) is 1.51. The van der Waals surface area contributed by atoms with Gasteiger partial charge < -0.3 is 5.32 Å². The maximum absolute atomic E-state index is 12.0. The SMILES string of the molecule is Cc1ccc(C(=O)NCC2(C)CC2)cc1S(=O)(=O)Cl. The molecular formula is C13H16ClNO3S. The van der Waals surface area contributed by atoms with Gasteiger partial charge in [-0.05, 0) is 42.9 Å². The Balaban J connectivity index is 2.18. The summed E-state index contributed by atoms with van der Waals surface area (Å²) in [5.41, 5.74) is 1.05. The predicted octanol–water partition coefficient (Wildman–Crippen LogP) is 2.45. The van der Waals surface area contributed by atoms with Gasteiger partial charge in [0.2, 0.25) is 0 Å². The highest BCUT2D eigenvalue weighted by atomic mass is 35.7. The first kappa shape index (κ1) is 14.3. The minimum absolute atomic E-state index is 0.0144. The van der Waals surface area contributed by atoms with Crippen molar-refractivity contribution in [2.24, 2.45) is 5.41 Å². The van der Waals surface area contributed by atoms with Crippen molar-refractivity contribution >= 4 is 25.6 Å². The number of benzene rings is 1. The van der Waals surface area contributed by atoms with Gasteiger partial charge >= 0.3 is 0 Å². The third-order valence-corrected chi connectivity index (χ3v) is 4.96. The highest BCUT2D eigenvalue weighted by Gasteiger charge is 2.37. The molecule has 1 amide bonds. The molecule has 0 heterocycles. The molecule has 0 saturated heterocycles. The largest absolute Gasteiger partial charge is 0.351 e. The summed E-state index contributed by atoms with van der Waals surface area (Å²) in [6.07, 6.45) is 2.23. The smallest absolute Gasteiger partial charge is 0.261 e. The van der Waals surface area contributed by atoms with E-state index in [1.165, 1.54) is 6.07 Å². The fraction of sp³-hybridized carbons (Fsp3) is 0.462. The predicted molar refractivity (Wildman–Crippen MR) is 73.9 cm³/mol. The van der Waals surface area contributed by atoms with E-state index in [2.05, 4.69) is 12.2 Å². The molecule has 1 aliphatic rings. The van der Waals surface area contributed by atoms with Crippen LogP contribution in [0, 0.1) is 12.3 Å². The van der Waals surface area contributed by atoms with E-state index in [9.17, 15) is 13.2 Å². The van der Waals surface area contributed by atoms with Crippen LogP contribution in [-0.2, 0) is 9.05 Å². The molecule has 1 saturated carbocycles. The van der Waals surface area contributed by atoms with Crippen LogP contribution in [0.3, 0.4) is 0 Å². The number of carbonyl (C=O) groups is 1. The molecule has 4 nitrogen and oxygen atoms in total. The van der Waals surface area contributed by atoms with Crippen molar-refractivity contribution in [3.63, 3.8) is 0 Å². The van der Waals surface area contributed by atoms with Gasteiger partial charge in [-0.2, -0.15) is 0 Å². The number of amides is 1. The van der Waals surface area contributed by atoms with Crippen LogP contribution in [0.1, 0.15) is 35.7 Å². The van der Waals surface area contributed by atoms with Gasteiger partial charge in [-0.3, -0.25) is 4.79 Å². The molecule has 6 heteroatoms. The van der Waals surface area contributed by atoms with Crippen LogP contribution >= 0.6 is 10.7 Å². The monoisotopic (exact) mass is 301 g/mol. The Kier molecular flexibility index (Phi) is 3.62. The fourth-order valence-corrected chi connectivity index (χ4v) is 3.01. The summed E-state index contributed by atoms with van der Waals surface area (Å²) in [6.45, 7) is 4.36. The van der Waals surface area contributed by atoms with Gasteiger partial charge in [0.15, 0.2) is 0 Å². The molecule has 2 rings (SSSR count). The number of halogens is 1. The van der Waals surface area contributed by atoms with Crippen LogP contribution in [0.15, 0.2) is 23.1 Å². The van der Waals surface area contributed by atoms with Crippen LogP contribution in [-0.4, -0.2) is 20.9 Å². The van der Waals surface area contributed by atoms with Gasteiger partial charge in [0.05, 0.1) is 4.90 Å². The van der Waals surface area contributed by atoms with Gasteiger partial charge in [0.1, 0.15) is 0 Å². The van der Waals surface area contributed by atoms with Crippen molar-refractivity contribution in [2.75, 3.05) is 6.54 Å². The Morgan fingerprint density at radius 2 is 2.05 bits per heavy atom. The molecule has 1 N–H and O–H groups in total. The Morgan fingerprint density at radius 3 is 2.58 bits per heavy atom. The Bertz CT molecular complexity index is 621. The Hall–Kier alpha value is -1.07. The molecule has 1 fully saturated rings. The van der Waals surface area contributed by atoms with Gasteiger partial charge in [0, 0.05) is 22.8 Å². The zero-order valence-electron chi connectivity index (χ0n) is 10.9. The van der Waals surface area contributed by atoms with Gasteiger partial charge in [0.25, 0.3) is 15.0 Å². The Labute approximate surface area is 117 Å². The first-order valence-corrected chi connectivity index (χ1v) is 8.36. The van der Waals surface area contributed by atoms with Crippen molar-refractivity contribution in [2.45, 2.75) is 31.6 Å². The molecular weight excluding hydrogens is 286 g/mol. The molecule has 0 bridgehead atoms. The van der Waals surface area contributed by atoms with Crippen molar-refractivity contribution in [3.05, 3.63) is 29.3 Å². The molecule has 19 heavy (non-hydrogen) atoms. The lowest BCUT2D eigenvalue weighted by Crippen LogP contribution is -2.29. The molecule has 0 aromatic heterocycles. The summed E-state index contributed by atoms with van der Waals surface area (Å²) in [5, 5.41) is 2.82. The molecule has 0 aliphatic heterocycles. The van der Waals surface area contributed by atoms with E-state index in [-0.39, 0.29) is 16.2 Å². The Morgan fingerprint density at radius 1 is 1.42 bits per heavy atom. The second kappa shape index (κ2) is 4.80. The fourth-order valence-electron chi connectivity index (χ4n) is 1.79. The molecule has 104 valence electrons. The molecule has 0 atom stereocenters. The van der Waals surface area contributed by atoms with Crippen LogP contribution in [0.25, 0.3) is 0 Å². The van der Waals surface area contributed by atoms with Gasteiger partial charge in [-0.1, -0.05) is 13.0 Å². The van der Waals surface area contributed by atoms with Crippen LogP contribution in [0.5, 0.6) is 0 Å². The minimum Gasteiger partial charge on any atom is -0.351 e. The zero-order chi connectivity index (χ0) is 14.3. The maximum Gasteiger partial charge on any atom is 0.261 e. The molecule has 0 unspecified atom stereocenters. The average molecular weight is 302 g/mol. The summed E-state index contributed by atoms with van der Waals surface area (Å²) in [4.78, 5) is 11.9. The van der Waals surface area contributed by atoms with Crippen LogP contribution in [0.2, 0.25) is 0 Å². The number of rotatable bonds is 4. The molecule has 1 aromatic carbocycles. The number of hydrogen-bond donors (Lipinski definition) is 1. The van der Waals surface area contributed by atoms with E-state index in [1.807, 2.05) is 0 Å². The van der Waals surface area contributed by atoms with E-state index in [4.69, 9.17) is 10.7 Å². The van der Waals surface area contributed by atoms with Crippen molar-refractivity contribution in [3.8, 4) is 0 Å².